The van der Waals surface area contributed by atoms with Gasteiger partial charge in [0.1, 0.15) is 11.9 Å². The molecule has 1 aliphatic rings. The van der Waals surface area contributed by atoms with Crippen molar-refractivity contribution in [3.63, 3.8) is 0 Å². The molecule has 0 spiro atoms. The van der Waals surface area contributed by atoms with Gasteiger partial charge in [-0.1, -0.05) is 0 Å². The Bertz CT molecular complexity index is 1130. The largest absolute Gasteiger partial charge is 0.487 e. The van der Waals surface area contributed by atoms with E-state index in [1.807, 2.05) is 0 Å². The summed E-state index contributed by atoms with van der Waals surface area (Å²) < 4.78 is 33.5. The number of amides is 1. The molecule has 30 heavy (non-hydrogen) atoms. The van der Waals surface area contributed by atoms with Gasteiger partial charge in [-0.15, -0.1) is 0 Å². The van der Waals surface area contributed by atoms with Crippen molar-refractivity contribution >= 4 is 39.2 Å². The number of nitrogens with one attached hydrogen (secondary N) is 1. The number of anilines is 2. The van der Waals surface area contributed by atoms with Crippen LogP contribution in [0.2, 0.25) is 0 Å². The number of rotatable bonds is 5. The molecule has 1 atom stereocenters. The molecule has 0 bridgehead atoms. The number of nitrogens with zero attached hydrogens (tertiary/aromatic N) is 1. The Morgan fingerprint density at radius 2 is 1.67 bits per heavy atom. The number of sulfonamides is 1. The highest BCUT2D eigenvalue weighted by Crippen LogP contribution is 2.36. The van der Waals surface area contributed by atoms with Crippen molar-refractivity contribution in [1.29, 1.82) is 0 Å². The molecule has 0 saturated carbocycles. The van der Waals surface area contributed by atoms with Crippen LogP contribution in [0, 0.1) is 0 Å². The standard InChI is InChI=1S/C19H18N2O8S/c1-10-9-21(11(2)22)16-8-15(3-4-17(16)29-10)30(27,28)20-14-6-12(18(23)24)5-13(7-14)19(25)26/h3-8,10,20H,9H2,1-2H3,(H,23,24)(H,25,26). The van der Waals surface area contributed by atoms with E-state index in [1.54, 1.807) is 6.92 Å². The summed E-state index contributed by atoms with van der Waals surface area (Å²) in [6.45, 7) is 3.38. The summed E-state index contributed by atoms with van der Waals surface area (Å²) in [5, 5.41) is 18.3. The van der Waals surface area contributed by atoms with Crippen LogP contribution in [0.25, 0.3) is 0 Å². The minimum atomic E-state index is -4.22. The lowest BCUT2D eigenvalue weighted by Gasteiger charge is -2.33. The molecule has 3 N–H and O–H groups in total. The van der Waals surface area contributed by atoms with Crippen molar-refractivity contribution in [1.82, 2.24) is 0 Å². The zero-order valence-electron chi connectivity index (χ0n) is 15.9. The zero-order chi connectivity index (χ0) is 22.2. The molecule has 0 saturated heterocycles. The number of aromatic carboxylic acids is 2. The van der Waals surface area contributed by atoms with Gasteiger partial charge in [0.25, 0.3) is 10.0 Å². The van der Waals surface area contributed by atoms with Crippen molar-refractivity contribution in [3.8, 4) is 5.75 Å². The third kappa shape index (κ3) is 4.20. The van der Waals surface area contributed by atoms with Gasteiger partial charge in [-0.05, 0) is 43.3 Å². The quantitative estimate of drug-likeness (QED) is 0.647. The van der Waals surface area contributed by atoms with Crippen LogP contribution in [-0.4, -0.2) is 49.1 Å². The second-order valence-electron chi connectivity index (χ2n) is 6.70. The molecule has 0 aliphatic carbocycles. The minimum absolute atomic E-state index is 0.205. The summed E-state index contributed by atoms with van der Waals surface area (Å²) in [6.07, 6.45) is -0.268. The van der Waals surface area contributed by atoms with Gasteiger partial charge in [0.15, 0.2) is 0 Å². The predicted octanol–water partition coefficient (Wildman–Crippen LogP) is 2.02. The summed E-state index contributed by atoms with van der Waals surface area (Å²) in [5.74, 6) is -2.75. The molecular weight excluding hydrogens is 416 g/mol. The molecule has 158 valence electrons. The van der Waals surface area contributed by atoms with E-state index >= 15 is 0 Å². The van der Waals surface area contributed by atoms with Crippen LogP contribution in [0.5, 0.6) is 5.75 Å². The van der Waals surface area contributed by atoms with E-state index in [-0.39, 0.29) is 46.0 Å². The van der Waals surface area contributed by atoms with Crippen molar-refractivity contribution < 1.29 is 37.8 Å². The van der Waals surface area contributed by atoms with E-state index in [4.69, 9.17) is 14.9 Å². The first-order chi connectivity index (χ1) is 14.0. The molecule has 1 amide bonds. The fraction of sp³-hybridized carbons (Fsp3) is 0.211. The van der Waals surface area contributed by atoms with Crippen LogP contribution in [0.4, 0.5) is 11.4 Å². The molecule has 1 aliphatic heterocycles. The Kier molecular flexibility index (Phi) is 5.40. The number of hydrogen-bond donors (Lipinski definition) is 3. The maximum absolute atomic E-state index is 12.8. The highest BCUT2D eigenvalue weighted by Gasteiger charge is 2.28. The molecule has 3 rings (SSSR count). The molecule has 1 unspecified atom stereocenters. The maximum Gasteiger partial charge on any atom is 0.335 e. The molecule has 0 aromatic heterocycles. The molecular formula is C19H18N2O8S. The highest BCUT2D eigenvalue weighted by atomic mass is 32.2. The lowest BCUT2D eigenvalue weighted by Crippen LogP contribution is -2.41. The van der Waals surface area contributed by atoms with Gasteiger partial charge < -0.3 is 19.8 Å². The highest BCUT2D eigenvalue weighted by molar-refractivity contribution is 7.92. The van der Waals surface area contributed by atoms with E-state index in [0.29, 0.717) is 5.75 Å². The van der Waals surface area contributed by atoms with Crippen molar-refractivity contribution in [2.45, 2.75) is 24.8 Å². The maximum atomic E-state index is 12.8. The fourth-order valence-electron chi connectivity index (χ4n) is 3.03. The number of carbonyl (C=O) groups is 3. The van der Waals surface area contributed by atoms with E-state index < -0.39 is 22.0 Å². The minimum Gasteiger partial charge on any atom is -0.487 e. The molecule has 0 radical (unpaired) electrons. The van der Waals surface area contributed by atoms with Gasteiger partial charge >= 0.3 is 11.9 Å². The average molecular weight is 434 g/mol. The number of benzene rings is 2. The van der Waals surface area contributed by atoms with E-state index in [0.717, 1.165) is 18.2 Å². The van der Waals surface area contributed by atoms with Gasteiger partial charge in [0.05, 0.1) is 33.9 Å². The Morgan fingerprint density at radius 1 is 1.07 bits per heavy atom. The summed E-state index contributed by atoms with van der Waals surface area (Å²) in [6, 6.07) is 6.91. The number of carbonyl (C=O) groups excluding carboxylic acids is 1. The first kappa shape index (κ1) is 21.1. The first-order valence-electron chi connectivity index (χ1n) is 8.71. The first-order valence-corrected chi connectivity index (χ1v) is 10.2. The third-order valence-electron chi connectivity index (χ3n) is 4.36. The number of fused-ring (bicyclic) bond motifs is 1. The van der Waals surface area contributed by atoms with Crippen LogP contribution < -0.4 is 14.4 Å². The number of ether oxygens (including phenoxy) is 1. The molecule has 2 aromatic rings. The number of carboxylic acid groups (broad SMARTS) is 2. The second kappa shape index (κ2) is 7.67. The average Bonchev–Trinajstić information content (AvgIpc) is 2.66. The predicted molar refractivity (Wildman–Crippen MR) is 106 cm³/mol. The van der Waals surface area contributed by atoms with E-state index in [2.05, 4.69) is 4.72 Å². The topological polar surface area (TPSA) is 150 Å². The van der Waals surface area contributed by atoms with Gasteiger partial charge in [0, 0.05) is 6.92 Å². The van der Waals surface area contributed by atoms with Gasteiger partial charge in [-0.25, -0.2) is 18.0 Å². The van der Waals surface area contributed by atoms with Crippen LogP contribution >= 0.6 is 0 Å². The molecule has 10 nitrogen and oxygen atoms in total. The Balaban J connectivity index is 2.01. The van der Waals surface area contributed by atoms with E-state index in [9.17, 15) is 22.8 Å². The smallest absolute Gasteiger partial charge is 0.335 e. The molecule has 1 heterocycles. The SMILES string of the molecule is CC(=O)N1CC(C)Oc2ccc(S(=O)(=O)Nc3cc(C(=O)O)cc(C(=O)O)c3)cc21. The molecule has 11 heteroatoms. The fourth-order valence-corrected chi connectivity index (χ4v) is 4.09. The Morgan fingerprint density at radius 3 is 2.20 bits per heavy atom. The van der Waals surface area contributed by atoms with Gasteiger partial charge in [-0.2, -0.15) is 0 Å². The second-order valence-corrected chi connectivity index (χ2v) is 8.38. The van der Waals surface area contributed by atoms with Gasteiger partial charge in [-0.3, -0.25) is 9.52 Å². The van der Waals surface area contributed by atoms with Crippen molar-refractivity contribution in [2.75, 3.05) is 16.2 Å². The van der Waals surface area contributed by atoms with Crippen LogP contribution in [0.1, 0.15) is 34.6 Å². The monoisotopic (exact) mass is 434 g/mol. The third-order valence-corrected chi connectivity index (χ3v) is 5.74. The zero-order valence-corrected chi connectivity index (χ0v) is 16.8. The number of hydrogen-bond acceptors (Lipinski definition) is 6. The summed E-state index contributed by atoms with van der Waals surface area (Å²) >= 11 is 0. The summed E-state index contributed by atoms with van der Waals surface area (Å²) in [7, 11) is -4.22. The summed E-state index contributed by atoms with van der Waals surface area (Å²) in [5.41, 5.74) is -0.710. The molecule has 2 aromatic carbocycles. The normalized spacial score (nSPS) is 15.7. The number of carboxylic acids is 2. The van der Waals surface area contributed by atoms with Crippen LogP contribution in [-0.2, 0) is 14.8 Å². The Hall–Kier alpha value is -3.60. The van der Waals surface area contributed by atoms with Crippen LogP contribution in [0.15, 0.2) is 41.3 Å². The summed E-state index contributed by atoms with van der Waals surface area (Å²) in [4.78, 5) is 35.6. The van der Waals surface area contributed by atoms with Crippen molar-refractivity contribution in [2.24, 2.45) is 0 Å². The molecule has 0 fully saturated rings. The lowest BCUT2D eigenvalue weighted by molar-refractivity contribution is -0.117. The van der Waals surface area contributed by atoms with Crippen LogP contribution in [0.3, 0.4) is 0 Å². The van der Waals surface area contributed by atoms with E-state index in [1.165, 1.54) is 30.0 Å². The lowest BCUT2D eigenvalue weighted by atomic mass is 10.1. The Labute approximate surface area is 171 Å². The van der Waals surface area contributed by atoms with Gasteiger partial charge in [0.2, 0.25) is 5.91 Å². The van der Waals surface area contributed by atoms with Crippen molar-refractivity contribution in [3.05, 3.63) is 47.5 Å².